The fourth-order valence-electron chi connectivity index (χ4n) is 3.67. The van der Waals surface area contributed by atoms with Gasteiger partial charge in [0.05, 0.1) is 0 Å². The van der Waals surface area contributed by atoms with Gasteiger partial charge in [-0.3, -0.25) is 9.69 Å². The standard InChI is InChI=1S/C19H32N2O/c1-5-17-6-8-18(9-7-17)16(4)14-20-10-12-21(13-11-20)19(22)15(2)3/h5,15,17-18H,1,4,6-14H2,2-3H3. The molecule has 1 saturated heterocycles. The maximum Gasteiger partial charge on any atom is 0.225 e. The van der Waals surface area contributed by atoms with Crippen LogP contribution in [0.1, 0.15) is 39.5 Å². The number of hydrogen-bond acceptors (Lipinski definition) is 2. The van der Waals surface area contributed by atoms with Crippen molar-refractivity contribution in [2.75, 3.05) is 32.7 Å². The fourth-order valence-corrected chi connectivity index (χ4v) is 3.67. The third-order valence-electron chi connectivity index (χ3n) is 5.29. The molecule has 0 atom stereocenters. The predicted molar refractivity (Wildman–Crippen MR) is 92.6 cm³/mol. The predicted octanol–water partition coefficient (Wildman–Crippen LogP) is 3.34. The highest BCUT2D eigenvalue weighted by atomic mass is 16.2. The zero-order valence-corrected chi connectivity index (χ0v) is 14.4. The molecule has 2 rings (SSSR count). The van der Waals surface area contributed by atoms with Crippen LogP contribution in [0.4, 0.5) is 0 Å². The van der Waals surface area contributed by atoms with Gasteiger partial charge in [-0.2, -0.15) is 0 Å². The fraction of sp³-hybridized carbons (Fsp3) is 0.737. The Morgan fingerprint density at radius 1 is 1.14 bits per heavy atom. The van der Waals surface area contributed by atoms with Gasteiger partial charge in [0.15, 0.2) is 0 Å². The zero-order chi connectivity index (χ0) is 16.1. The molecule has 2 aliphatic rings. The summed E-state index contributed by atoms with van der Waals surface area (Å²) in [6, 6.07) is 0. The molecule has 0 unspecified atom stereocenters. The third kappa shape index (κ3) is 4.45. The number of rotatable bonds is 5. The first-order valence-electron chi connectivity index (χ1n) is 8.82. The number of amides is 1. The molecule has 0 bridgehead atoms. The van der Waals surface area contributed by atoms with E-state index in [0.717, 1.165) is 38.6 Å². The van der Waals surface area contributed by atoms with E-state index in [0.29, 0.717) is 11.8 Å². The Morgan fingerprint density at radius 3 is 2.23 bits per heavy atom. The Balaban J connectivity index is 1.73. The second kappa shape index (κ2) is 7.96. The Labute approximate surface area is 136 Å². The van der Waals surface area contributed by atoms with Crippen LogP contribution in [-0.4, -0.2) is 48.4 Å². The smallest absolute Gasteiger partial charge is 0.225 e. The summed E-state index contributed by atoms with van der Waals surface area (Å²) in [5, 5.41) is 0. The summed E-state index contributed by atoms with van der Waals surface area (Å²) in [5.41, 5.74) is 1.39. The van der Waals surface area contributed by atoms with E-state index < -0.39 is 0 Å². The number of hydrogen-bond donors (Lipinski definition) is 0. The lowest BCUT2D eigenvalue weighted by molar-refractivity contribution is -0.136. The van der Waals surface area contributed by atoms with Crippen molar-refractivity contribution in [3.05, 3.63) is 24.8 Å². The molecule has 2 fully saturated rings. The van der Waals surface area contributed by atoms with E-state index in [9.17, 15) is 4.79 Å². The van der Waals surface area contributed by atoms with Crippen LogP contribution in [0, 0.1) is 17.8 Å². The number of carbonyl (C=O) groups is 1. The summed E-state index contributed by atoms with van der Waals surface area (Å²) in [7, 11) is 0. The highest BCUT2D eigenvalue weighted by molar-refractivity contribution is 5.78. The van der Waals surface area contributed by atoms with Crippen molar-refractivity contribution < 1.29 is 4.79 Å². The average Bonchev–Trinajstić information content (AvgIpc) is 2.54. The van der Waals surface area contributed by atoms with Crippen LogP contribution in [0.25, 0.3) is 0 Å². The third-order valence-corrected chi connectivity index (χ3v) is 5.29. The van der Waals surface area contributed by atoms with Gasteiger partial charge in [0.2, 0.25) is 5.91 Å². The second-order valence-electron chi connectivity index (χ2n) is 7.26. The van der Waals surface area contributed by atoms with Crippen LogP contribution in [-0.2, 0) is 4.79 Å². The van der Waals surface area contributed by atoms with Crippen LogP contribution in [0.5, 0.6) is 0 Å². The van der Waals surface area contributed by atoms with Crippen molar-refractivity contribution in [3.8, 4) is 0 Å². The van der Waals surface area contributed by atoms with Gasteiger partial charge in [0.25, 0.3) is 0 Å². The van der Waals surface area contributed by atoms with E-state index in [-0.39, 0.29) is 5.92 Å². The molecule has 1 heterocycles. The van der Waals surface area contributed by atoms with E-state index in [1.807, 2.05) is 18.7 Å². The summed E-state index contributed by atoms with van der Waals surface area (Å²) in [4.78, 5) is 16.5. The average molecular weight is 304 g/mol. The maximum atomic E-state index is 12.0. The highest BCUT2D eigenvalue weighted by Gasteiger charge is 2.25. The van der Waals surface area contributed by atoms with Gasteiger partial charge in [0, 0.05) is 38.6 Å². The van der Waals surface area contributed by atoms with Gasteiger partial charge in [-0.25, -0.2) is 0 Å². The molecular weight excluding hydrogens is 272 g/mol. The molecule has 0 N–H and O–H groups in total. The summed E-state index contributed by atoms with van der Waals surface area (Å²) >= 11 is 0. The van der Waals surface area contributed by atoms with Crippen LogP contribution < -0.4 is 0 Å². The van der Waals surface area contributed by atoms with Crippen molar-refractivity contribution in [2.24, 2.45) is 17.8 Å². The molecule has 0 spiro atoms. The Kier molecular flexibility index (Phi) is 6.25. The highest BCUT2D eigenvalue weighted by Crippen LogP contribution is 2.33. The lowest BCUT2D eigenvalue weighted by atomic mass is 9.79. The zero-order valence-electron chi connectivity index (χ0n) is 14.4. The molecule has 0 aromatic heterocycles. The quantitative estimate of drug-likeness (QED) is 0.727. The number of carbonyl (C=O) groups excluding carboxylic acids is 1. The van der Waals surface area contributed by atoms with E-state index in [2.05, 4.69) is 24.1 Å². The van der Waals surface area contributed by atoms with E-state index >= 15 is 0 Å². The number of nitrogens with zero attached hydrogens (tertiary/aromatic N) is 2. The Morgan fingerprint density at radius 2 is 1.73 bits per heavy atom. The van der Waals surface area contributed by atoms with Gasteiger partial charge in [-0.05, 0) is 37.5 Å². The molecule has 1 amide bonds. The summed E-state index contributed by atoms with van der Waals surface area (Å²) < 4.78 is 0. The van der Waals surface area contributed by atoms with Gasteiger partial charge < -0.3 is 4.90 Å². The van der Waals surface area contributed by atoms with E-state index in [1.54, 1.807) is 0 Å². The van der Waals surface area contributed by atoms with Crippen LogP contribution in [0.3, 0.4) is 0 Å². The van der Waals surface area contributed by atoms with Crippen molar-refractivity contribution >= 4 is 5.91 Å². The lowest BCUT2D eigenvalue weighted by Gasteiger charge is -2.37. The molecule has 124 valence electrons. The first-order valence-corrected chi connectivity index (χ1v) is 8.82. The molecule has 3 nitrogen and oxygen atoms in total. The van der Waals surface area contributed by atoms with Gasteiger partial charge in [-0.1, -0.05) is 32.1 Å². The van der Waals surface area contributed by atoms with E-state index in [1.165, 1.54) is 31.3 Å². The van der Waals surface area contributed by atoms with Gasteiger partial charge >= 0.3 is 0 Å². The monoisotopic (exact) mass is 304 g/mol. The molecule has 0 radical (unpaired) electrons. The molecular formula is C19H32N2O. The molecule has 0 aromatic carbocycles. The number of allylic oxidation sites excluding steroid dienone is 1. The number of piperazine rings is 1. The van der Waals surface area contributed by atoms with Crippen LogP contribution in [0.2, 0.25) is 0 Å². The second-order valence-corrected chi connectivity index (χ2v) is 7.26. The summed E-state index contributed by atoms with van der Waals surface area (Å²) in [6.45, 7) is 17.0. The molecule has 3 heteroatoms. The summed E-state index contributed by atoms with van der Waals surface area (Å²) in [6.07, 6.45) is 7.18. The van der Waals surface area contributed by atoms with Gasteiger partial charge in [0.1, 0.15) is 0 Å². The minimum atomic E-state index is 0.113. The minimum absolute atomic E-state index is 0.113. The maximum absolute atomic E-state index is 12.0. The van der Waals surface area contributed by atoms with Crippen molar-refractivity contribution in [1.29, 1.82) is 0 Å². The van der Waals surface area contributed by atoms with Crippen LogP contribution >= 0.6 is 0 Å². The SMILES string of the molecule is C=CC1CCC(C(=C)CN2CCN(C(=O)C(C)C)CC2)CC1. The Bertz CT molecular complexity index is 400. The molecule has 1 saturated carbocycles. The lowest BCUT2D eigenvalue weighted by Crippen LogP contribution is -2.50. The topological polar surface area (TPSA) is 23.6 Å². The van der Waals surface area contributed by atoms with Crippen molar-refractivity contribution in [3.63, 3.8) is 0 Å². The van der Waals surface area contributed by atoms with Crippen LogP contribution in [0.15, 0.2) is 24.8 Å². The molecule has 1 aliphatic carbocycles. The normalized spacial score (nSPS) is 27.0. The van der Waals surface area contributed by atoms with Crippen molar-refractivity contribution in [1.82, 2.24) is 9.80 Å². The largest absolute Gasteiger partial charge is 0.340 e. The molecule has 0 aromatic rings. The molecule has 22 heavy (non-hydrogen) atoms. The Hall–Kier alpha value is -1.09. The van der Waals surface area contributed by atoms with Gasteiger partial charge in [-0.15, -0.1) is 6.58 Å². The first kappa shape index (κ1) is 17.3. The minimum Gasteiger partial charge on any atom is -0.340 e. The first-order chi connectivity index (χ1) is 10.5. The van der Waals surface area contributed by atoms with Crippen molar-refractivity contribution in [2.45, 2.75) is 39.5 Å². The summed E-state index contributed by atoms with van der Waals surface area (Å²) in [5.74, 6) is 1.81. The van der Waals surface area contributed by atoms with E-state index in [4.69, 9.17) is 0 Å². The molecule has 1 aliphatic heterocycles.